The van der Waals surface area contributed by atoms with Crippen molar-refractivity contribution in [3.8, 4) is 0 Å². The van der Waals surface area contributed by atoms with Crippen LogP contribution < -0.4 is 0 Å². The fourth-order valence-corrected chi connectivity index (χ4v) is 0. The van der Waals surface area contributed by atoms with Gasteiger partial charge in [0.05, 0.1) is 0 Å². The fourth-order valence-electron chi connectivity index (χ4n) is 0. The van der Waals surface area contributed by atoms with Gasteiger partial charge in [0.1, 0.15) is 0 Å². The van der Waals surface area contributed by atoms with Crippen LogP contribution in [0.5, 0.6) is 0 Å². The van der Waals surface area contributed by atoms with Gasteiger partial charge in [0.15, 0.2) is 0 Å². The Kier molecular flexibility index (Phi) is 67.6. The summed E-state index contributed by atoms with van der Waals surface area (Å²) < 4.78 is 0. The van der Waals surface area contributed by atoms with Gasteiger partial charge in [0, 0.05) is 44.4 Å². The monoisotopic (exact) mass is 399 g/mol. The van der Waals surface area contributed by atoms with Crippen LogP contribution in [-0.2, 0) is 27.3 Å². The third-order valence-corrected chi connectivity index (χ3v) is 0. The van der Waals surface area contributed by atoms with Crippen molar-refractivity contribution in [1.82, 2.24) is 0 Å². The molecule has 19 valence electrons. The van der Waals surface area contributed by atoms with E-state index in [1.807, 2.05) is 19.3 Å². The second-order valence-electron chi connectivity index (χ2n) is 0. The van der Waals surface area contributed by atoms with E-state index in [9.17, 15) is 0 Å². The van der Waals surface area contributed by atoms with Gasteiger partial charge >= 0.3 is 32.2 Å². The predicted molar refractivity (Wildman–Crippen MR) is 17.3 cm³/mol. The van der Waals surface area contributed by atoms with Gasteiger partial charge in [-0.25, -0.2) is 0 Å². The van der Waals surface area contributed by atoms with E-state index in [1.54, 1.807) is 0 Å². The molecule has 0 heterocycles. The topological polar surface area (TPSA) is 0 Å². The zero-order chi connectivity index (χ0) is 2.00. The van der Waals surface area contributed by atoms with Gasteiger partial charge in [0.2, 0.25) is 0 Å². The minimum atomic E-state index is 0. The van der Waals surface area contributed by atoms with E-state index in [1.165, 1.54) is 0 Å². The summed E-state index contributed by atoms with van der Waals surface area (Å²) in [5, 5.41) is 0. The van der Waals surface area contributed by atoms with Crippen molar-refractivity contribution in [3.05, 3.63) is 0 Å². The average Bonchev–Trinajstić information content (AvgIpc) is 1.00. The van der Waals surface area contributed by atoms with Crippen molar-refractivity contribution in [2.24, 2.45) is 0 Å². The summed E-state index contributed by atoms with van der Waals surface area (Å²) in [7, 11) is 0. The Labute approximate surface area is 75.2 Å². The molecule has 0 spiro atoms. The molecule has 0 aromatic heterocycles. The Morgan fingerprint density at radius 1 is 1.25 bits per heavy atom. The first-order valence-electron chi connectivity index (χ1n) is 0.183. The summed E-state index contributed by atoms with van der Waals surface area (Å²) in [5.41, 5.74) is 0. The van der Waals surface area contributed by atoms with E-state index in [2.05, 4.69) is 13.0 Å². The first-order chi connectivity index (χ1) is 1.00. The molecule has 0 fully saturated rings. The third-order valence-electron chi connectivity index (χ3n) is 0. The van der Waals surface area contributed by atoms with Crippen LogP contribution in [-0.4, -0.2) is 49.3 Å². The number of hydrogen-bond donors (Lipinski definition) is 0. The van der Waals surface area contributed by atoms with E-state index in [4.69, 9.17) is 0 Å². The van der Waals surface area contributed by atoms with E-state index in [0.717, 1.165) is 0 Å². The zero-order valence-electron chi connectivity index (χ0n) is 1.97. The summed E-state index contributed by atoms with van der Waals surface area (Å²) in [6.07, 6.45) is 0. The molecular formula is AsCdSeTe. The molecule has 0 aliphatic rings. The van der Waals surface area contributed by atoms with Crippen LogP contribution in [0.2, 0.25) is 0 Å². The molecule has 0 aromatic rings. The largest absolute Gasteiger partial charge is 0 e. The van der Waals surface area contributed by atoms with Gasteiger partial charge in [-0.05, 0) is 0 Å². The van der Waals surface area contributed by atoms with Gasteiger partial charge in [-0.3, -0.25) is 0 Å². The van der Waals surface area contributed by atoms with E-state index < -0.39 is 0 Å². The van der Waals surface area contributed by atoms with E-state index in [-0.39, 0.29) is 44.4 Å². The van der Waals surface area contributed by atoms with Gasteiger partial charge in [-0.15, -0.1) is 0 Å². The molecular weight excluding hydrogens is 394 g/mol. The van der Waals surface area contributed by atoms with Crippen LogP contribution >= 0.6 is 0 Å². The van der Waals surface area contributed by atoms with Crippen molar-refractivity contribution in [3.63, 3.8) is 0 Å². The maximum atomic E-state index is 2.32. The molecule has 0 rings (SSSR count). The Bertz CT molecular complexity index is 8.00. The van der Waals surface area contributed by atoms with Crippen LogP contribution in [0.1, 0.15) is 0 Å². The van der Waals surface area contributed by atoms with Crippen molar-refractivity contribution in [1.29, 1.82) is 0 Å². The molecule has 0 bridgehead atoms. The molecule has 0 aliphatic carbocycles. The van der Waals surface area contributed by atoms with Crippen LogP contribution in [0.15, 0.2) is 0 Å². The fraction of sp³-hybridized carbons (Fsp3) is 0. The maximum absolute atomic E-state index is 2.32. The smallest absolute Gasteiger partial charge is 0 e. The van der Waals surface area contributed by atoms with Crippen molar-refractivity contribution >= 4 is 49.3 Å². The summed E-state index contributed by atoms with van der Waals surface area (Å²) in [6, 6.07) is 0. The Hall–Kier alpha value is 2.79. The Balaban J connectivity index is -0.00000000500. The van der Waals surface area contributed by atoms with E-state index in [0.29, 0.717) is 0 Å². The van der Waals surface area contributed by atoms with E-state index >= 15 is 0 Å². The molecule has 0 nitrogen and oxygen atoms in total. The molecule has 0 N–H and O–H groups in total. The average molecular weight is 394 g/mol. The van der Waals surface area contributed by atoms with Gasteiger partial charge < -0.3 is 0 Å². The van der Waals surface area contributed by atoms with Crippen LogP contribution in [0.25, 0.3) is 0 Å². The van der Waals surface area contributed by atoms with Crippen molar-refractivity contribution in [2.45, 2.75) is 0 Å². The molecule has 0 aromatic carbocycles. The van der Waals surface area contributed by atoms with Crippen LogP contribution in [0, 0.1) is 0 Å². The number of hydrogen-bond acceptors (Lipinski definition) is 0. The molecule has 0 atom stereocenters. The first kappa shape index (κ1) is 15.8. The van der Waals surface area contributed by atoms with Crippen molar-refractivity contribution < 1.29 is 27.3 Å². The molecule has 0 saturated carbocycles. The summed E-state index contributed by atoms with van der Waals surface area (Å²) >= 11 is 4.21. The van der Waals surface area contributed by atoms with Gasteiger partial charge in [-0.2, -0.15) is 0 Å². The molecule has 0 unspecified atom stereocenters. The second-order valence-corrected chi connectivity index (χ2v) is 0. The summed E-state index contributed by atoms with van der Waals surface area (Å²) in [5.74, 6) is 0. The van der Waals surface area contributed by atoms with Gasteiger partial charge in [0.25, 0.3) is 0 Å². The standard InChI is InChI=1S/AsTe.Cd.Se/c1-2;;. The normalized spacial score (nSPS) is 1.00. The number of rotatable bonds is 0. The Morgan fingerprint density at radius 3 is 1.25 bits per heavy atom. The second kappa shape index (κ2) is 17.1. The first-order valence-corrected chi connectivity index (χ1v) is 6.36. The molecule has 4 heavy (non-hydrogen) atoms. The summed E-state index contributed by atoms with van der Waals surface area (Å²) in [4.78, 5) is 0. The molecule has 4 heteroatoms. The van der Waals surface area contributed by atoms with Crippen LogP contribution in [0.4, 0.5) is 0 Å². The SMILES string of the molecule is [As]=[Te].[Cd].[Se]. The van der Waals surface area contributed by atoms with Crippen molar-refractivity contribution in [2.75, 3.05) is 0 Å². The maximum Gasteiger partial charge on any atom is 0 e. The zero-order valence-corrected chi connectivity index (χ0v) is 11.9. The minimum absolute atomic E-state index is 0. The Morgan fingerprint density at radius 2 is 1.25 bits per heavy atom. The van der Waals surface area contributed by atoms with Crippen LogP contribution in [0.3, 0.4) is 0 Å². The minimum Gasteiger partial charge on any atom is 0 e. The molecule has 0 aliphatic heterocycles. The molecule has 3 radical (unpaired) electrons. The molecule has 0 saturated heterocycles. The summed E-state index contributed by atoms with van der Waals surface area (Å²) in [6.45, 7) is 0. The third kappa shape index (κ3) is 8.84. The quantitative estimate of drug-likeness (QED) is 0.456. The molecule has 0 amide bonds. The predicted octanol–water partition coefficient (Wildman–Crippen LogP) is -1.14. The van der Waals surface area contributed by atoms with Gasteiger partial charge in [-0.1, -0.05) is 0 Å².